The van der Waals surface area contributed by atoms with E-state index < -0.39 is 17.6 Å². The standard InChI is InChI=1S/C22H24N2O3/c1-22(2,23)20(21(26)27-3)24-14-18-10-6-16(7-11-18)4-5-17-8-12-19(15-25)13-9-17/h6-14,20,25H,15,23H2,1-3H3. The number of esters is 1. The van der Waals surface area contributed by atoms with Crippen molar-refractivity contribution in [2.75, 3.05) is 7.11 Å². The van der Waals surface area contributed by atoms with Gasteiger partial charge in [-0.1, -0.05) is 36.1 Å². The Morgan fingerprint density at radius 3 is 2.11 bits per heavy atom. The number of carbonyl (C=O) groups is 1. The molecule has 0 fully saturated rings. The number of aliphatic hydroxyl groups is 1. The Morgan fingerprint density at radius 1 is 1.15 bits per heavy atom. The molecule has 3 N–H and O–H groups in total. The minimum Gasteiger partial charge on any atom is -0.467 e. The predicted octanol–water partition coefficient (Wildman–Crippen LogP) is 2.28. The van der Waals surface area contributed by atoms with Gasteiger partial charge in [-0.15, -0.1) is 0 Å². The Bertz CT molecular complexity index is 852. The Labute approximate surface area is 159 Å². The van der Waals surface area contributed by atoms with E-state index in [2.05, 4.69) is 16.8 Å². The number of methoxy groups -OCH3 is 1. The Morgan fingerprint density at radius 2 is 1.67 bits per heavy atom. The highest BCUT2D eigenvalue weighted by molar-refractivity contribution is 5.85. The first kappa shape index (κ1) is 20.4. The van der Waals surface area contributed by atoms with Crippen molar-refractivity contribution in [1.29, 1.82) is 0 Å². The molecular formula is C22H24N2O3. The van der Waals surface area contributed by atoms with Gasteiger partial charge in [-0.05, 0) is 49.2 Å². The van der Waals surface area contributed by atoms with Gasteiger partial charge in [0.25, 0.3) is 0 Å². The van der Waals surface area contributed by atoms with Gasteiger partial charge >= 0.3 is 5.97 Å². The highest BCUT2D eigenvalue weighted by Crippen LogP contribution is 2.12. The molecule has 0 aliphatic carbocycles. The van der Waals surface area contributed by atoms with Crippen LogP contribution in [0.5, 0.6) is 0 Å². The van der Waals surface area contributed by atoms with E-state index >= 15 is 0 Å². The first-order valence-electron chi connectivity index (χ1n) is 8.55. The average molecular weight is 364 g/mol. The molecule has 0 aliphatic heterocycles. The van der Waals surface area contributed by atoms with Crippen LogP contribution >= 0.6 is 0 Å². The first-order valence-corrected chi connectivity index (χ1v) is 8.55. The van der Waals surface area contributed by atoms with Crippen molar-refractivity contribution in [3.8, 4) is 11.8 Å². The number of benzene rings is 2. The number of hydrogen-bond acceptors (Lipinski definition) is 5. The summed E-state index contributed by atoms with van der Waals surface area (Å²) >= 11 is 0. The zero-order valence-corrected chi connectivity index (χ0v) is 15.8. The highest BCUT2D eigenvalue weighted by atomic mass is 16.5. The number of nitrogens with two attached hydrogens (primary N) is 1. The van der Waals surface area contributed by atoms with Crippen LogP contribution in [0.15, 0.2) is 53.5 Å². The van der Waals surface area contributed by atoms with Crippen molar-refractivity contribution < 1.29 is 14.6 Å². The molecule has 5 nitrogen and oxygen atoms in total. The number of carbonyl (C=O) groups excluding carboxylic acids is 1. The smallest absolute Gasteiger partial charge is 0.332 e. The normalized spacial score (nSPS) is 12.3. The number of aliphatic imine (C=N–C) groups is 1. The van der Waals surface area contributed by atoms with Crippen molar-refractivity contribution >= 4 is 12.2 Å². The Kier molecular flexibility index (Phi) is 6.89. The summed E-state index contributed by atoms with van der Waals surface area (Å²) in [6, 6.07) is 14.2. The number of rotatable bonds is 5. The summed E-state index contributed by atoms with van der Waals surface area (Å²) in [4.78, 5) is 16.1. The summed E-state index contributed by atoms with van der Waals surface area (Å²) in [6.07, 6.45) is 1.61. The Hall–Kier alpha value is -2.94. The van der Waals surface area contributed by atoms with Crippen LogP contribution in [-0.4, -0.2) is 36.0 Å². The van der Waals surface area contributed by atoms with Gasteiger partial charge in [-0.2, -0.15) is 0 Å². The van der Waals surface area contributed by atoms with Crippen molar-refractivity contribution in [2.45, 2.75) is 32.0 Å². The fourth-order valence-electron chi connectivity index (χ4n) is 2.32. The van der Waals surface area contributed by atoms with E-state index in [1.165, 1.54) is 7.11 Å². The molecule has 2 rings (SSSR count). The lowest BCUT2D eigenvalue weighted by Crippen LogP contribution is -2.49. The quantitative estimate of drug-likeness (QED) is 0.484. The van der Waals surface area contributed by atoms with E-state index in [-0.39, 0.29) is 6.61 Å². The third-order valence-corrected chi connectivity index (χ3v) is 3.90. The monoisotopic (exact) mass is 364 g/mol. The largest absolute Gasteiger partial charge is 0.467 e. The fraction of sp³-hybridized carbons (Fsp3) is 0.273. The maximum atomic E-state index is 11.8. The zero-order chi connectivity index (χ0) is 19.9. The first-order chi connectivity index (χ1) is 12.8. The van der Waals surface area contributed by atoms with E-state index in [1.54, 1.807) is 20.1 Å². The molecular weight excluding hydrogens is 340 g/mol. The maximum absolute atomic E-state index is 11.8. The molecule has 27 heavy (non-hydrogen) atoms. The van der Waals surface area contributed by atoms with E-state index in [1.807, 2.05) is 48.5 Å². The number of ether oxygens (including phenoxy) is 1. The van der Waals surface area contributed by atoms with Crippen LogP contribution in [-0.2, 0) is 16.1 Å². The SMILES string of the molecule is COC(=O)C(N=Cc1ccc(C#Cc2ccc(CO)cc2)cc1)C(C)(C)N. The molecule has 0 aromatic heterocycles. The molecule has 2 aromatic rings. The molecule has 0 spiro atoms. The highest BCUT2D eigenvalue weighted by Gasteiger charge is 2.31. The number of aliphatic hydroxyl groups excluding tert-OH is 1. The van der Waals surface area contributed by atoms with Crippen molar-refractivity contribution in [3.63, 3.8) is 0 Å². The molecule has 0 bridgehead atoms. The molecule has 0 heterocycles. The third-order valence-electron chi connectivity index (χ3n) is 3.90. The summed E-state index contributed by atoms with van der Waals surface area (Å²) in [6.45, 7) is 3.49. The second kappa shape index (κ2) is 9.13. The van der Waals surface area contributed by atoms with Gasteiger partial charge in [0.15, 0.2) is 6.04 Å². The minimum absolute atomic E-state index is 0.0227. The molecule has 0 saturated carbocycles. The van der Waals surface area contributed by atoms with Gasteiger partial charge < -0.3 is 15.6 Å². The lowest BCUT2D eigenvalue weighted by molar-refractivity contribution is -0.143. The van der Waals surface area contributed by atoms with Crippen LogP contribution in [0.3, 0.4) is 0 Å². The molecule has 0 saturated heterocycles. The molecule has 0 amide bonds. The predicted molar refractivity (Wildman–Crippen MR) is 106 cm³/mol. The van der Waals surface area contributed by atoms with Crippen molar-refractivity contribution in [2.24, 2.45) is 10.7 Å². The van der Waals surface area contributed by atoms with Gasteiger partial charge in [0, 0.05) is 22.9 Å². The molecule has 0 aliphatic rings. The maximum Gasteiger partial charge on any atom is 0.332 e. The number of hydrogen-bond donors (Lipinski definition) is 2. The summed E-state index contributed by atoms with van der Waals surface area (Å²) in [5.74, 6) is 5.71. The average Bonchev–Trinajstić information content (AvgIpc) is 2.66. The molecule has 140 valence electrons. The molecule has 0 radical (unpaired) electrons. The second-order valence-electron chi connectivity index (χ2n) is 6.75. The van der Waals surface area contributed by atoms with Gasteiger partial charge in [0.2, 0.25) is 0 Å². The van der Waals surface area contributed by atoms with E-state index in [0.29, 0.717) is 0 Å². The van der Waals surface area contributed by atoms with Crippen LogP contribution in [0.25, 0.3) is 0 Å². The summed E-state index contributed by atoms with van der Waals surface area (Å²) in [5, 5.41) is 9.05. The topological polar surface area (TPSA) is 84.9 Å². The van der Waals surface area contributed by atoms with Crippen LogP contribution in [0.1, 0.15) is 36.1 Å². The van der Waals surface area contributed by atoms with E-state index in [4.69, 9.17) is 15.6 Å². The van der Waals surface area contributed by atoms with Crippen molar-refractivity contribution in [1.82, 2.24) is 0 Å². The van der Waals surface area contributed by atoms with E-state index in [0.717, 1.165) is 22.3 Å². The van der Waals surface area contributed by atoms with Crippen molar-refractivity contribution in [3.05, 3.63) is 70.8 Å². The molecule has 1 unspecified atom stereocenters. The van der Waals surface area contributed by atoms with Crippen LogP contribution < -0.4 is 5.73 Å². The summed E-state index contributed by atoms with van der Waals surface area (Å²) in [7, 11) is 1.32. The molecule has 2 aromatic carbocycles. The van der Waals surface area contributed by atoms with Crippen LogP contribution in [0.4, 0.5) is 0 Å². The van der Waals surface area contributed by atoms with Crippen LogP contribution in [0, 0.1) is 11.8 Å². The number of nitrogens with zero attached hydrogens (tertiary/aromatic N) is 1. The lowest BCUT2D eigenvalue weighted by Gasteiger charge is -2.24. The molecule has 1 atom stereocenters. The van der Waals surface area contributed by atoms with Gasteiger partial charge in [-0.25, -0.2) is 4.79 Å². The molecule has 5 heteroatoms. The second-order valence-corrected chi connectivity index (χ2v) is 6.75. The van der Waals surface area contributed by atoms with Gasteiger partial charge in [0.05, 0.1) is 13.7 Å². The zero-order valence-electron chi connectivity index (χ0n) is 15.8. The van der Waals surface area contributed by atoms with Gasteiger partial charge in [-0.3, -0.25) is 4.99 Å². The fourth-order valence-corrected chi connectivity index (χ4v) is 2.32. The summed E-state index contributed by atoms with van der Waals surface area (Å²) < 4.78 is 4.77. The lowest BCUT2D eigenvalue weighted by atomic mass is 9.96. The van der Waals surface area contributed by atoms with Gasteiger partial charge in [0.1, 0.15) is 0 Å². The summed E-state index contributed by atoms with van der Waals surface area (Å²) in [5.41, 5.74) is 8.63. The third kappa shape index (κ3) is 6.07. The Balaban J connectivity index is 2.10. The minimum atomic E-state index is -0.819. The van der Waals surface area contributed by atoms with E-state index in [9.17, 15) is 4.79 Å². The van der Waals surface area contributed by atoms with Crippen LogP contribution in [0.2, 0.25) is 0 Å².